The smallest absolute Gasteiger partial charge is 0.118 e. The Bertz CT molecular complexity index is 41.9. The highest BCUT2D eigenvalue weighted by atomic mass is 32.2. The van der Waals surface area contributed by atoms with E-state index in [1.807, 2.05) is 13.8 Å². The lowest BCUT2D eigenvalue weighted by molar-refractivity contribution is -0.117. The van der Waals surface area contributed by atoms with E-state index in [1.165, 1.54) is 0 Å². The molecule has 0 aromatic carbocycles. The number of hydrogen-bond donors (Lipinski definition) is 2. The summed E-state index contributed by atoms with van der Waals surface area (Å²) < 4.78 is 6.40. The average molecular weight is 123 g/mol. The quantitative estimate of drug-likeness (QED) is 0.254. The molecule has 0 saturated heterocycles. The van der Waals surface area contributed by atoms with Crippen molar-refractivity contribution in [3.63, 3.8) is 0 Å². The van der Waals surface area contributed by atoms with Crippen LogP contribution in [0.1, 0.15) is 13.8 Å². The zero-order valence-corrected chi connectivity index (χ0v) is 5.16. The molecule has 0 aliphatic heterocycles. The van der Waals surface area contributed by atoms with Crippen molar-refractivity contribution in [3.8, 4) is 0 Å². The second-order valence-electron chi connectivity index (χ2n) is 1.43. The SMILES string of the molecule is CC(C)NSOO. The van der Waals surface area contributed by atoms with Gasteiger partial charge in [-0.3, -0.25) is 0 Å². The predicted octanol–water partition coefficient (Wildman–Crippen LogP) is 1.04. The molecule has 0 rings (SSSR count). The Labute approximate surface area is 47.3 Å². The van der Waals surface area contributed by atoms with Crippen LogP contribution in [0, 0.1) is 0 Å². The molecule has 0 spiro atoms. The summed E-state index contributed by atoms with van der Waals surface area (Å²) in [7, 11) is 0. The van der Waals surface area contributed by atoms with Gasteiger partial charge in [0.05, 0.1) is 0 Å². The zero-order chi connectivity index (χ0) is 5.70. The van der Waals surface area contributed by atoms with Crippen LogP contribution in [0.25, 0.3) is 0 Å². The van der Waals surface area contributed by atoms with Crippen LogP contribution in [0.5, 0.6) is 0 Å². The van der Waals surface area contributed by atoms with Crippen molar-refractivity contribution in [2.45, 2.75) is 19.9 Å². The van der Waals surface area contributed by atoms with Crippen LogP contribution in [0.4, 0.5) is 0 Å². The molecule has 2 N–H and O–H groups in total. The van der Waals surface area contributed by atoms with Gasteiger partial charge >= 0.3 is 0 Å². The first-order valence-corrected chi connectivity index (χ1v) is 2.74. The van der Waals surface area contributed by atoms with Crippen LogP contribution in [0.2, 0.25) is 0 Å². The van der Waals surface area contributed by atoms with E-state index in [2.05, 4.69) is 9.06 Å². The maximum atomic E-state index is 7.72. The summed E-state index contributed by atoms with van der Waals surface area (Å²) in [6, 6.07) is 0.331. The Morgan fingerprint density at radius 3 is 2.43 bits per heavy atom. The summed E-state index contributed by atoms with van der Waals surface area (Å²) in [6.07, 6.45) is 0. The summed E-state index contributed by atoms with van der Waals surface area (Å²) in [5.74, 6) is 0. The lowest BCUT2D eigenvalue weighted by Crippen LogP contribution is -2.13. The molecule has 7 heavy (non-hydrogen) atoms. The van der Waals surface area contributed by atoms with Crippen molar-refractivity contribution < 1.29 is 9.59 Å². The van der Waals surface area contributed by atoms with Gasteiger partial charge in [-0.05, 0) is 13.8 Å². The summed E-state index contributed by atoms with van der Waals surface area (Å²) in [5.41, 5.74) is 0. The van der Waals surface area contributed by atoms with Gasteiger partial charge in [-0.1, -0.05) is 0 Å². The topological polar surface area (TPSA) is 41.5 Å². The minimum absolute atomic E-state index is 0.331. The molecule has 0 unspecified atom stereocenters. The highest BCUT2D eigenvalue weighted by Crippen LogP contribution is 1.92. The van der Waals surface area contributed by atoms with Gasteiger partial charge in [0.15, 0.2) is 0 Å². The van der Waals surface area contributed by atoms with Gasteiger partial charge in [0.2, 0.25) is 0 Å². The van der Waals surface area contributed by atoms with Gasteiger partial charge in [-0.15, -0.1) is 4.33 Å². The molecule has 0 aliphatic rings. The fraction of sp³-hybridized carbons (Fsp3) is 1.00. The van der Waals surface area contributed by atoms with Crippen molar-refractivity contribution in [2.75, 3.05) is 0 Å². The Hall–Kier alpha value is 0.230. The van der Waals surface area contributed by atoms with Crippen LogP contribution in [-0.2, 0) is 4.33 Å². The molecule has 0 aromatic rings. The largest absolute Gasteiger partial charge is 0.238 e. The minimum atomic E-state index is 0.331. The Balaban J connectivity index is 2.68. The number of rotatable bonds is 3. The lowest BCUT2D eigenvalue weighted by atomic mass is 10.4. The Kier molecular flexibility index (Phi) is 4.53. The Morgan fingerprint density at radius 1 is 1.71 bits per heavy atom. The van der Waals surface area contributed by atoms with E-state index in [4.69, 9.17) is 5.26 Å². The molecule has 0 heterocycles. The molecule has 0 radical (unpaired) electrons. The van der Waals surface area contributed by atoms with Gasteiger partial charge in [0, 0.05) is 6.04 Å². The molecule has 0 aliphatic carbocycles. The molecule has 44 valence electrons. The maximum Gasteiger partial charge on any atom is 0.118 e. The van der Waals surface area contributed by atoms with Crippen molar-refractivity contribution in [1.29, 1.82) is 0 Å². The van der Waals surface area contributed by atoms with Crippen molar-refractivity contribution in [1.82, 2.24) is 4.72 Å². The predicted molar refractivity (Wildman–Crippen MR) is 29.6 cm³/mol. The third kappa shape index (κ3) is 6.23. The summed E-state index contributed by atoms with van der Waals surface area (Å²) in [4.78, 5) is 0. The van der Waals surface area contributed by atoms with E-state index in [-0.39, 0.29) is 0 Å². The number of nitrogens with one attached hydrogen (secondary N) is 1. The zero-order valence-electron chi connectivity index (χ0n) is 4.34. The van der Waals surface area contributed by atoms with E-state index in [0.717, 1.165) is 12.2 Å². The molecular weight excluding hydrogens is 114 g/mol. The standard InChI is InChI=1S/C3H9NO2S/c1-3(2)4-7-6-5/h3-5H,1-2H3. The highest BCUT2D eigenvalue weighted by molar-refractivity contribution is 7.92. The first-order chi connectivity index (χ1) is 3.27. The highest BCUT2D eigenvalue weighted by Gasteiger charge is 1.88. The van der Waals surface area contributed by atoms with E-state index < -0.39 is 0 Å². The van der Waals surface area contributed by atoms with Gasteiger partial charge < -0.3 is 0 Å². The van der Waals surface area contributed by atoms with Crippen LogP contribution in [-0.4, -0.2) is 11.3 Å². The van der Waals surface area contributed by atoms with E-state index in [9.17, 15) is 0 Å². The molecular formula is C3H9NO2S. The Morgan fingerprint density at radius 2 is 2.29 bits per heavy atom. The van der Waals surface area contributed by atoms with Crippen LogP contribution < -0.4 is 4.72 Å². The van der Waals surface area contributed by atoms with E-state index >= 15 is 0 Å². The molecule has 4 heteroatoms. The molecule has 3 nitrogen and oxygen atoms in total. The third-order valence-corrected chi connectivity index (χ3v) is 0.963. The maximum absolute atomic E-state index is 7.72. The lowest BCUT2D eigenvalue weighted by Gasteiger charge is -2.00. The van der Waals surface area contributed by atoms with Gasteiger partial charge in [0.25, 0.3) is 0 Å². The summed E-state index contributed by atoms with van der Waals surface area (Å²) in [5, 5.41) is 7.72. The monoisotopic (exact) mass is 123 g/mol. The van der Waals surface area contributed by atoms with E-state index in [0.29, 0.717) is 6.04 Å². The molecule has 0 fully saturated rings. The third-order valence-electron chi connectivity index (χ3n) is 0.321. The van der Waals surface area contributed by atoms with Crippen LogP contribution >= 0.6 is 12.2 Å². The van der Waals surface area contributed by atoms with Crippen LogP contribution in [0.15, 0.2) is 0 Å². The first kappa shape index (κ1) is 7.23. The van der Waals surface area contributed by atoms with Crippen molar-refractivity contribution in [2.24, 2.45) is 0 Å². The second-order valence-corrected chi connectivity index (χ2v) is 1.98. The molecule has 0 saturated carbocycles. The minimum Gasteiger partial charge on any atom is -0.238 e. The first-order valence-electron chi connectivity index (χ1n) is 2.00. The summed E-state index contributed by atoms with van der Waals surface area (Å²) in [6.45, 7) is 3.90. The number of hydrogen-bond acceptors (Lipinski definition) is 4. The molecule has 0 amide bonds. The normalized spacial score (nSPS) is 10.3. The molecule has 0 bridgehead atoms. The van der Waals surface area contributed by atoms with Crippen molar-refractivity contribution in [3.05, 3.63) is 0 Å². The summed E-state index contributed by atoms with van der Waals surface area (Å²) >= 11 is 0.822. The fourth-order valence-corrected chi connectivity index (χ4v) is 0.353. The van der Waals surface area contributed by atoms with Gasteiger partial charge in [-0.25, -0.2) is 9.98 Å². The van der Waals surface area contributed by atoms with Crippen LogP contribution in [0.3, 0.4) is 0 Å². The molecule has 0 aromatic heterocycles. The molecule has 0 atom stereocenters. The van der Waals surface area contributed by atoms with E-state index in [1.54, 1.807) is 0 Å². The van der Waals surface area contributed by atoms with Gasteiger partial charge in [-0.2, -0.15) is 0 Å². The second kappa shape index (κ2) is 4.39. The van der Waals surface area contributed by atoms with Gasteiger partial charge in [0.1, 0.15) is 12.2 Å². The van der Waals surface area contributed by atoms with Crippen molar-refractivity contribution >= 4 is 12.2 Å². The fourth-order valence-electron chi connectivity index (χ4n) is 0.118. The average Bonchev–Trinajstić information content (AvgIpc) is 1.61.